The Kier molecular flexibility index (Phi) is 6.75. The van der Waals surface area contributed by atoms with Crippen LogP contribution in [0, 0.1) is 0 Å². The van der Waals surface area contributed by atoms with Crippen molar-refractivity contribution in [2.24, 2.45) is 0 Å². The summed E-state index contributed by atoms with van der Waals surface area (Å²) in [6.07, 6.45) is -5.39. The van der Waals surface area contributed by atoms with Crippen LogP contribution in [0.15, 0.2) is 36.4 Å². The monoisotopic (exact) mass is 415 g/mol. The second-order valence-corrected chi connectivity index (χ2v) is 5.69. The fourth-order valence-electron chi connectivity index (χ4n) is 2.11. The SMILES string of the molecule is O=C(NCCCOC(=O)c1cc(O)c(O)c(O)c1)Oc1cccc(C(F)(F)F)c1. The van der Waals surface area contributed by atoms with Crippen LogP contribution in [-0.4, -0.2) is 40.5 Å². The van der Waals surface area contributed by atoms with Gasteiger partial charge in [-0.1, -0.05) is 6.07 Å². The third kappa shape index (κ3) is 6.19. The predicted molar refractivity (Wildman–Crippen MR) is 91.8 cm³/mol. The van der Waals surface area contributed by atoms with Crippen molar-refractivity contribution in [2.45, 2.75) is 12.6 Å². The van der Waals surface area contributed by atoms with E-state index in [1.165, 1.54) is 6.07 Å². The van der Waals surface area contributed by atoms with Crippen molar-refractivity contribution in [3.63, 3.8) is 0 Å². The van der Waals surface area contributed by atoms with Crippen LogP contribution in [0.1, 0.15) is 22.3 Å². The lowest BCUT2D eigenvalue weighted by Gasteiger charge is -2.10. The summed E-state index contributed by atoms with van der Waals surface area (Å²) >= 11 is 0. The maximum absolute atomic E-state index is 12.6. The number of phenolic OH excluding ortho intramolecular Hbond substituents is 3. The molecule has 2 aromatic carbocycles. The first kappa shape index (κ1) is 21.7. The Morgan fingerprint density at radius 1 is 1.03 bits per heavy atom. The molecule has 0 heterocycles. The highest BCUT2D eigenvalue weighted by Crippen LogP contribution is 2.35. The van der Waals surface area contributed by atoms with Crippen molar-refractivity contribution in [1.82, 2.24) is 5.32 Å². The number of benzene rings is 2. The minimum absolute atomic E-state index is 0.00282. The number of rotatable bonds is 6. The Morgan fingerprint density at radius 3 is 2.31 bits per heavy atom. The zero-order valence-electron chi connectivity index (χ0n) is 14.7. The molecule has 29 heavy (non-hydrogen) atoms. The minimum atomic E-state index is -4.56. The predicted octanol–water partition coefficient (Wildman–Crippen LogP) is 3.16. The maximum atomic E-state index is 12.6. The number of ether oxygens (including phenoxy) is 2. The Bertz CT molecular complexity index is 876. The van der Waals surface area contributed by atoms with Gasteiger partial charge in [-0.3, -0.25) is 0 Å². The van der Waals surface area contributed by atoms with E-state index in [0.29, 0.717) is 6.07 Å². The minimum Gasteiger partial charge on any atom is -0.504 e. The van der Waals surface area contributed by atoms with Crippen LogP contribution in [0.4, 0.5) is 18.0 Å². The van der Waals surface area contributed by atoms with E-state index in [0.717, 1.165) is 24.3 Å². The van der Waals surface area contributed by atoms with Gasteiger partial charge in [0.25, 0.3) is 0 Å². The van der Waals surface area contributed by atoms with Crippen LogP contribution < -0.4 is 10.1 Å². The fraction of sp³-hybridized carbons (Fsp3) is 0.222. The number of aromatic hydroxyl groups is 3. The van der Waals surface area contributed by atoms with Gasteiger partial charge in [0, 0.05) is 6.54 Å². The van der Waals surface area contributed by atoms with Gasteiger partial charge in [0.2, 0.25) is 0 Å². The maximum Gasteiger partial charge on any atom is 0.416 e. The van der Waals surface area contributed by atoms with Crippen molar-refractivity contribution in [2.75, 3.05) is 13.2 Å². The highest BCUT2D eigenvalue weighted by Gasteiger charge is 2.30. The summed E-state index contributed by atoms with van der Waals surface area (Å²) in [6, 6.07) is 5.63. The smallest absolute Gasteiger partial charge is 0.416 e. The zero-order chi connectivity index (χ0) is 21.6. The summed E-state index contributed by atoms with van der Waals surface area (Å²) in [4.78, 5) is 23.4. The molecule has 2 aromatic rings. The molecule has 0 saturated heterocycles. The van der Waals surface area contributed by atoms with E-state index < -0.39 is 41.1 Å². The standard InChI is InChI=1S/C18H16F3NO7/c19-18(20,21)11-3-1-4-12(9-11)29-17(27)22-5-2-6-28-16(26)10-7-13(23)15(25)14(24)8-10/h1,3-4,7-9,23-25H,2,5-6H2,(H,22,27). The third-order valence-electron chi connectivity index (χ3n) is 3.50. The van der Waals surface area contributed by atoms with Gasteiger partial charge in [0.05, 0.1) is 17.7 Å². The molecule has 0 aliphatic carbocycles. The Hall–Kier alpha value is -3.63. The zero-order valence-corrected chi connectivity index (χ0v) is 14.7. The van der Waals surface area contributed by atoms with Crippen LogP contribution in [0.2, 0.25) is 0 Å². The molecule has 0 spiro atoms. The van der Waals surface area contributed by atoms with Crippen LogP contribution in [0.3, 0.4) is 0 Å². The number of carbonyl (C=O) groups is 2. The van der Waals surface area contributed by atoms with E-state index in [4.69, 9.17) is 9.47 Å². The largest absolute Gasteiger partial charge is 0.504 e. The lowest BCUT2D eigenvalue weighted by atomic mass is 10.2. The van der Waals surface area contributed by atoms with E-state index in [1.54, 1.807) is 0 Å². The number of amides is 1. The first-order chi connectivity index (χ1) is 13.6. The number of nitrogens with one attached hydrogen (secondary N) is 1. The summed E-state index contributed by atoms with van der Waals surface area (Å²) in [6.45, 7) is -0.151. The number of halogens is 3. The lowest BCUT2D eigenvalue weighted by molar-refractivity contribution is -0.137. The van der Waals surface area contributed by atoms with E-state index in [9.17, 15) is 38.1 Å². The van der Waals surface area contributed by atoms with Gasteiger partial charge in [0.15, 0.2) is 17.2 Å². The summed E-state index contributed by atoms with van der Waals surface area (Å²) in [5, 5.41) is 30.2. The van der Waals surface area contributed by atoms with Gasteiger partial charge in [-0.05, 0) is 36.8 Å². The summed E-state index contributed by atoms with van der Waals surface area (Å²) in [5.41, 5.74) is -1.16. The third-order valence-corrected chi connectivity index (χ3v) is 3.50. The normalized spacial score (nSPS) is 11.0. The molecule has 8 nitrogen and oxygen atoms in total. The molecule has 0 saturated carbocycles. The van der Waals surface area contributed by atoms with Crippen LogP contribution in [0.5, 0.6) is 23.0 Å². The second-order valence-electron chi connectivity index (χ2n) is 5.69. The molecular weight excluding hydrogens is 399 g/mol. The molecule has 0 bridgehead atoms. The first-order valence-electron chi connectivity index (χ1n) is 8.13. The topological polar surface area (TPSA) is 125 Å². The molecule has 0 unspecified atom stereocenters. The molecule has 0 fully saturated rings. The van der Waals surface area contributed by atoms with Crippen molar-refractivity contribution in [3.8, 4) is 23.0 Å². The van der Waals surface area contributed by atoms with Crippen LogP contribution in [0.25, 0.3) is 0 Å². The molecule has 4 N–H and O–H groups in total. The average Bonchev–Trinajstić information content (AvgIpc) is 2.64. The molecule has 11 heteroatoms. The van der Waals surface area contributed by atoms with Crippen LogP contribution >= 0.6 is 0 Å². The molecule has 0 atom stereocenters. The van der Waals surface area contributed by atoms with E-state index in [-0.39, 0.29) is 30.9 Å². The van der Waals surface area contributed by atoms with Crippen LogP contribution in [-0.2, 0) is 10.9 Å². The Balaban J connectivity index is 1.74. The second kappa shape index (κ2) is 9.04. The highest BCUT2D eigenvalue weighted by atomic mass is 19.4. The van der Waals surface area contributed by atoms with Crippen molar-refractivity contribution < 1.29 is 47.6 Å². The van der Waals surface area contributed by atoms with Gasteiger partial charge >= 0.3 is 18.2 Å². The summed E-state index contributed by atoms with van der Waals surface area (Å²) < 4.78 is 47.4. The first-order valence-corrected chi connectivity index (χ1v) is 8.13. The Labute approximate surface area is 162 Å². The average molecular weight is 415 g/mol. The molecular formula is C18H16F3NO7. The highest BCUT2D eigenvalue weighted by molar-refractivity contribution is 5.91. The number of carbonyl (C=O) groups excluding carboxylic acids is 2. The lowest BCUT2D eigenvalue weighted by Crippen LogP contribution is -2.28. The summed E-state index contributed by atoms with van der Waals surface area (Å²) in [7, 11) is 0. The Morgan fingerprint density at radius 2 is 1.69 bits per heavy atom. The molecule has 0 aliphatic heterocycles. The van der Waals surface area contributed by atoms with Crippen molar-refractivity contribution >= 4 is 12.1 Å². The van der Waals surface area contributed by atoms with Crippen molar-refractivity contribution in [3.05, 3.63) is 47.5 Å². The van der Waals surface area contributed by atoms with Gasteiger partial charge in [-0.15, -0.1) is 0 Å². The van der Waals surface area contributed by atoms with Gasteiger partial charge in [0.1, 0.15) is 5.75 Å². The summed E-state index contributed by atoms with van der Waals surface area (Å²) in [5.74, 6) is -3.34. The number of alkyl halides is 3. The van der Waals surface area contributed by atoms with E-state index in [1.807, 2.05) is 0 Å². The fourth-order valence-corrected chi connectivity index (χ4v) is 2.11. The number of hydrogen-bond acceptors (Lipinski definition) is 7. The number of phenols is 3. The molecule has 2 rings (SSSR count). The molecule has 0 radical (unpaired) electrons. The van der Waals surface area contributed by atoms with Gasteiger partial charge < -0.3 is 30.1 Å². The van der Waals surface area contributed by atoms with Crippen molar-refractivity contribution in [1.29, 1.82) is 0 Å². The van der Waals surface area contributed by atoms with Gasteiger partial charge in [-0.25, -0.2) is 9.59 Å². The van der Waals surface area contributed by atoms with Gasteiger partial charge in [-0.2, -0.15) is 13.2 Å². The van der Waals surface area contributed by atoms with E-state index >= 15 is 0 Å². The number of esters is 1. The van der Waals surface area contributed by atoms with E-state index in [2.05, 4.69) is 5.32 Å². The molecule has 156 valence electrons. The number of hydrogen-bond donors (Lipinski definition) is 4. The quantitative estimate of drug-likeness (QED) is 0.324. The molecule has 0 aromatic heterocycles. The molecule has 1 amide bonds. The molecule has 0 aliphatic rings.